The first-order chi connectivity index (χ1) is 9.74. The first-order valence-electron chi connectivity index (χ1n) is 8.34. The molecule has 0 radical (unpaired) electrons. The summed E-state index contributed by atoms with van der Waals surface area (Å²) in [7, 11) is 1.78. The van der Waals surface area contributed by atoms with Crippen molar-refractivity contribution >= 4 is 0 Å². The minimum atomic E-state index is 0.399. The average Bonchev–Trinajstić information content (AvgIpc) is 2.91. The van der Waals surface area contributed by atoms with Crippen LogP contribution in [-0.2, 0) is 9.47 Å². The zero-order chi connectivity index (χ0) is 14.8. The Labute approximate surface area is 125 Å². The quantitative estimate of drug-likeness (QED) is 0.632. The van der Waals surface area contributed by atoms with Gasteiger partial charge in [-0.05, 0) is 32.2 Å². The van der Waals surface area contributed by atoms with E-state index in [1.54, 1.807) is 7.11 Å². The monoisotopic (exact) mass is 286 g/mol. The third-order valence-electron chi connectivity index (χ3n) is 4.30. The van der Waals surface area contributed by atoms with Crippen LogP contribution in [0.3, 0.4) is 0 Å². The van der Waals surface area contributed by atoms with E-state index in [9.17, 15) is 0 Å². The summed E-state index contributed by atoms with van der Waals surface area (Å²) in [6, 6.07) is 0.654. The highest BCUT2D eigenvalue weighted by atomic mass is 16.5. The Kier molecular flexibility index (Phi) is 9.44. The van der Waals surface area contributed by atoms with E-state index in [2.05, 4.69) is 31.0 Å². The van der Waals surface area contributed by atoms with Gasteiger partial charge < -0.3 is 14.8 Å². The number of nitrogens with zero attached hydrogens (tertiary/aromatic N) is 1. The number of methoxy groups -OCH3 is 1. The Morgan fingerprint density at radius 1 is 1.20 bits per heavy atom. The standard InChI is InChI=1S/C16H34N2O2/c1-5-14(6-2)18(10-11-19-4)13-16-9-8-15(20-16)12-17-7-3/h14-17H,5-13H2,1-4H3. The summed E-state index contributed by atoms with van der Waals surface area (Å²) in [4.78, 5) is 2.56. The lowest BCUT2D eigenvalue weighted by Gasteiger charge is -2.32. The summed E-state index contributed by atoms with van der Waals surface area (Å²) in [5.74, 6) is 0. The molecule has 0 aromatic rings. The summed E-state index contributed by atoms with van der Waals surface area (Å²) in [5.41, 5.74) is 0. The molecule has 4 nitrogen and oxygen atoms in total. The smallest absolute Gasteiger partial charge is 0.0707 e. The van der Waals surface area contributed by atoms with Gasteiger partial charge in [0.05, 0.1) is 18.8 Å². The van der Waals surface area contributed by atoms with Crippen molar-refractivity contribution in [3.63, 3.8) is 0 Å². The predicted molar refractivity (Wildman–Crippen MR) is 84.3 cm³/mol. The minimum Gasteiger partial charge on any atom is -0.383 e. The second-order valence-electron chi connectivity index (χ2n) is 5.72. The molecule has 1 heterocycles. The molecule has 0 aromatic heterocycles. The van der Waals surface area contributed by atoms with Gasteiger partial charge in [-0.1, -0.05) is 20.8 Å². The van der Waals surface area contributed by atoms with E-state index in [1.165, 1.54) is 25.7 Å². The maximum absolute atomic E-state index is 6.17. The number of hydrogen-bond donors (Lipinski definition) is 1. The van der Waals surface area contributed by atoms with Crippen LogP contribution >= 0.6 is 0 Å². The molecule has 1 fully saturated rings. The molecule has 0 spiro atoms. The van der Waals surface area contributed by atoms with Crippen molar-refractivity contribution in [1.29, 1.82) is 0 Å². The van der Waals surface area contributed by atoms with Crippen molar-refractivity contribution in [2.45, 2.75) is 64.7 Å². The van der Waals surface area contributed by atoms with Gasteiger partial charge in [0.1, 0.15) is 0 Å². The van der Waals surface area contributed by atoms with Crippen LogP contribution in [0.25, 0.3) is 0 Å². The molecule has 0 aliphatic carbocycles. The molecule has 2 atom stereocenters. The molecule has 2 unspecified atom stereocenters. The van der Waals surface area contributed by atoms with Gasteiger partial charge in [0, 0.05) is 32.8 Å². The van der Waals surface area contributed by atoms with Crippen molar-refractivity contribution < 1.29 is 9.47 Å². The number of ether oxygens (including phenoxy) is 2. The average molecular weight is 286 g/mol. The molecule has 0 amide bonds. The summed E-state index contributed by atoms with van der Waals surface area (Å²) >= 11 is 0. The van der Waals surface area contributed by atoms with Gasteiger partial charge in [-0.15, -0.1) is 0 Å². The largest absolute Gasteiger partial charge is 0.383 e. The van der Waals surface area contributed by atoms with Crippen LogP contribution < -0.4 is 5.32 Å². The van der Waals surface area contributed by atoms with Crippen LogP contribution in [-0.4, -0.2) is 63.0 Å². The van der Waals surface area contributed by atoms with Gasteiger partial charge in [-0.3, -0.25) is 4.90 Å². The lowest BCUT2D eigenvalue weighted by molar-refractivity contribution is 0.00729. The number of hydrogen-bond acceptors (Lipinski definition) is 4. The van der Waals surface area contributed by atoms with Gasteiger partial charge in [-0.2, -0.15) is 0 Å². The third kappa shape index (κ3) is 6.08. The van der Waals surface area contributed by atoms with Crippen LogP contribution in [0.2, 0.25) is 0 Å². The molecule has 1 N–H and O–H groups in total. The Balaban J connectivity index is 2.40. The van der Waals surface area contributed by atoms with Crippen LogP contribution in [0.4, 0.5) is 0 Å². The lowest BCUT2D eigenvalue weighted by atomic mass is 10.1. The van der Waals surface area contributed by atoms with E-state index in [0.717, 1.165) is 32.8 Å². The Hall–Kier alpha value is -0.160. The molecule has 20 heavy (non-hydrogen) atoms. The molecule has 0 saturated carbocycles. The van der Waals surface area contributed by atoms with Gasteiger partial charge in [-0.25, -0.2) is 0 Å². The highest BCUT2D eigenvalue weighted by molar-refractivity contribution is 4.80. The van der Waals surface area contributed by atoms with E-state index in [-0.39, 0.29) is 0 Å². The van der Waals surface area contributed by atoms with Crippen LogP contribution in [0.5, 0.6) is 0 Å². The topological polar surface area (TPSA) is 33.7 Å². The maximum Gasteiger partial charge on any atom is 0.0707 e. The summed E-state index contributed by atoms with van der Waals surface area (Å²) < 4.78 is 11.4. The number of nitrogens with one attached hydrogen (secondary N) is 1. The second kappa shape index (κ2) is 10.6. The molecule has 1 aliphatic rings. The Morgan fingerprint density at radius 3 is 2.50 bits per heavy atom. The zero-order valence-electron chi connectivity index (χ0n) is 13.9. The third-order valence-corrected chi connectivity index (χ3v) is 4.30. The lowest BCUT2D eigenvalue weighted by Crippen LogP contribution is -2.42. The second-order valence-corrected chi connectivity index (χ2v) is 5.72. The van der Waals surface area contributed by atoms with Crippen molar-refractivity contribution in [2.75, 3.05) is 39.9 Å². The molecular formula is C16H34N2O2. The molecule has 120 valence electrons. The fourth-order valence-corrected chi connectivity index (χ4v) is 3.07. The maximum atomic E-state index is 6.17. The SMILES string of the molecule is CCNCC1CCC(CN(CCOC)C(CC)CC)O1. The van der Waals surface area contributed by atoms with Gasteiger partial charge in [0.25, 0.3) is 0 Å². The van der Waals surface area contributed by atoms with Crippen LogP contribution in [0.15, 0.2) is 0 Å². The Morgan fingerprint density at radius 2 is 1.90 bits per heavy atom. The number of likely N-dealkylation sites (N-methyl/N-ethyl adjacent to an activating group) is 1. The van der Waals surface area contributed by atoms with E-state index in [0.29, 0.717) is 18.2 Å². The van der Waals surface area contributed by atoms with Crippen molar-refractivity contribution in [3.05, 3.63) is 0 Å². The molecule has 1 saturated heterocycles. The van der Waals surface area contributed by atoms with Gasteiger partial charge >= 0.3 is 0 Å². The van der Waals surface area contributed by atoms with E-state index < -0.39 is 0 Å². The van der Waals surface area contributed by atoms with E-state index in [4.69, 9.17) is 9.47 Å². The van der Waals surface area contributed by atoms with E-state index in [1.807, 2.05) is 0 Å². The first-order valence-corrected chi connectivity index (χ1v) is 8.34. The first kappa shape index (κ1) is 17.9. The van der Waals surface area contributed by atoms with Gasteiger partial charge in [0.15, 0.2) is 0 Å². The van der Waals surface area contributed by atoms with Crippen LogP contribution in [0.1, 0.15) is 46.5 Å². The molecule has 1 rings (SSSR count). The Bertz CT molecular complexity index is 235. The molecule has 1 aliphatic heterocycles. The summed E-state index contributed by atoms with van der Waals surface area (Å²) in [5, 5.41) is 3.38. The van der Waals surface area contributed by atoms with Gasteiger partial charge in [0.2, 0.25) is 0 Å². The normalized spacial score (nSPS) is 23.1. The van der Waals surface area contributed by atoms with Crippen LogP contribution in [0, 0.1) is 0 Å². The van der Waals surface area contributed by atoms with E-state index >= 15 is 0 Å². The highest BCUT2D eigenvalue weighted by Gasteiger charge is 2.28. The van der Waals surface area contributed by atoms with Crippen molar-refractivity contribution in [1.82, 2.24) is 10.2 Å². The molecular weight excluding hydrogens is 252 g/mol. The molecule has 0 aromatic carbocycles. The predicted octanol–water partition coefficient (Wildman–Crippen LogP) is 2.28. The highest BCUT2D eigenvalue weighted by Crippen LogP contribution is 2.21. The minimum absolute atomic E-state index is 0.399. The molecule has 0 bridgehead atoms. The van der Waals surface area contributed by atoms with Crippen molar-refractivity contribution in [3.8, 4) is 0 Å². The zero-order valence-corrected chi connectivity index (χ0v) is 13.9. The fraction of sp³-hybridized carbons (Fsp3) is 1.00. The number of rotatable bonds is 11. The summed E-state index contributed by atoms with van der Waals surface area (Å²) in [6.45, 7) is 11.6. The van der Waals surface area contributed by atoms with Crippen molar-refractivity contribution in [2.24, 2.45) is 0 Å². The molecule has 4 heteroatoms. The fourth-order valence-electron chi connectivity index (χ4n) is 3.07. The summed E-state index contributed by atoms with van der Waals surface area (Å²) in [6.07, 6.45) is 5.60.